The van der Waals surface area contributed by atoms with Gasteiger partial charge in [-0.2, -0.15) is 5.26 Å². The van der Waals surface area contributed by atoms with Crippen molar-refractivity contribution in [2.24, 2.45) is 5.73 Å². The molecule has 2 N–H and O–H groups in total. The summed E-state index contributed by atoms with van der Waals surface area (Å²) in [5.41, 5.74) is 6.62. The van der Waals surface area contributed by atoms with Crippen LogP contribution in [-0.4, -0.2) is 12.5 Å². The van der Waals surface area contributed by atoms with Gasteiger partial charge in [-0.25, -0.2) is 0 Å². The van der Waals surface area contributed by atoms with Gasteiger partial charge in [0.2, 0.25) is 0 Å². The first-order valence-electron chi connectivity index (χ1n) is 4.59. The second kappa shape index (κ2) is 3.87. The normalized spacial score (nSPS) is 15.5. The molecule has 1 aliphatic heterocycles. The second-order valence-electron chi connectivity index (χ2n) is 3.38. The lowest BCUT2D eigenvalue weighted by atomic mass is 10.2. The van der Waals surface area contributed by atoms with Gasteiger partial charge in [0.1, 0.15) is 11.6 Å². The standard InChI is InChI=1S/C11H8ClN3O/c12-7-1-3-8(4-2-7)15-6-10(14)9(5-13)11(15)16/h1-4H,6,14H2. The fourth-order valence-electron chi connectivity index (χ4n) is 1.54. The molecule has 1 aromatic carbocycles. The minimum absolute atomic E-state index is 0.0231. The molecular formula is C11H8ClN3O. The van der Waals surface area contributed by atoms with Gasteiger partial charge in [-0.3, -0.25) is 4.79 Å². The van der Waals surface area contributed by atoms with Gasteiger partial charge < -0.3 is 10.6 Å². The van der Waals surface area contributed by atoms with Gasteiger partial charge in [0.25, 0.3) is 5.91 Å². The Bertz CT molecular complexity index is 513. The SMILES string of the molecule is N#CC1=C(N)CN(c2ccc(Cl)cc2)C1=O. The van der Waals surface area contributed by atoms with Crippen LogP contribution in [-0.2, 0) is 4.79 Å². The van der Waals surface area contributed by atoms with E-state index in [4.69, 9.17) is 22.6 Å². The van der Waals surface area contributed by atoms with E-state index in [1.54, 1.807) is 24.3 Å². The van der Waals surface area contributed by atoms with Crippen LogP contribution < -0.4 is 10.6 Å². The third kappa shape index (κ3) is 1.62. The minimum Gasteiger partial charge on any atom is -0.399 e. The monoisotopic (exact) mass is 233 g/mol. The summed E-state index contributed by atoms with van der Waals surface area (Å²) in [4.78, 5) is 13.2. The maximum absolute atomic E-state index is 11.8. The zero-order chi connectivity index (χ0) is 11.7. The summed E-state index contributed by atoms with van der Waals surface area (Å²) in [7, 11) is 0. The van der Waals surface area contributed by atoms with E-state index >= 15 is 0 Å². The van der Waals surface area contributed by atoms with Gasteiger partial charge >= 0.3 is 0 Å². The van der Waals surface area contributed by atoms with Crippen molar-refractivity contribution in [3.63, 3.8) is 0 Å². The number of benzene rings is 1. The molecule has 0 atom stereocenters. The van der Waals surface area contributed by atoms with E-state index in [0.29, 0.717) is 16.4 Å². The summed E-state index contributed by atoms with van der Waals surface area (Å²) in [6.45, 7) is 0.253. The van der Waals surface area contributed by atoms with Crippen molar-refractivity contribution in [3.05, 3.63) is 40.6 Å². The number of carbonyl (C=O) groups excluding carboxylic acids is 1. The Morgan fingerprint density at radius 3 is 2.50 bits per heavy atom. The van der Waals surface area contributed by atoms with Gasteiger partial charge in [-0.1, -0.05) is 11.6 Å². The van der Waals surface area contributed by atoms with Crippen molar-refractivity contribution in [1.29, 1.82) is 5.26 Å². The van der Waals surface area contributed by atoms with Crippen molar-refractivity contribution in [2.75, 3.05) is 11.4 Å². The Hall–Kier alpha value is -1.99. The third-order valence-corrected chi connectivity index (χ3v) is 2.61. The predicted molar refractivity (Wildman–Crippen MR) is 60.6 cm³/mol. The molecule has 0 radical (unpaired) electrons. The van der Waals surface area contributed by atoms with E-state index in [2.05, 4.69) is 0 Å². The molecule has 2 rings (SSSR count). The molecule has 0 aromatic heterocycles. The number of hydrogen-bond acceptors (Lipinski definition) is 3. The van der Waals surface area contributed by atoms with E-state index in [9.17, 15) is 4.79 Å². The van der Waals surface area contributed by atoms with Gasteiger partial charge in [-0.05, 0) is 24.3 Å². The maximum Gasteiger partial charge on any atom is 0.271 e. The molecule has 5 heteroatoms. The number of halogens is 1. The highest BCUT2D eigenvalue weighted by molar-refractivity contribution is 6.30. The van der Waals surface area contributed by atoms with Crippen LogP contribution in [0.15, 0.2) is 35.5 Å². The zero-order valence-corrected chi connectivity index (χ0v) is 9.03. The molecule has 4 nitrogen and oxygen atoms in total. The molecule has 0 saturated heterocycles. The smallest absolute Gasteiger partial charge is 0.271 e. The molecule has 16 heavy (non-hydrogen) atoms. The molecular weight excluding hydrogens is 226 g/mol. The highest BCUT2D eigenvalue weighted by atomic mass is 35.5. The Balaban J connectivity index is 2.32. The first-order valence-corrected chi connectivity index (χ1v) is 4.97. The lowest BCUT2D eigenvalue weighted by Crippen LogP contribution is -2.27. The number of nitrogens with two attached hydrogens (primary N) is 1. The van der Waals surface area contributed by atoms with Crippen LogP contribution in [0.25, 0.3) is 0 Å². The molecule has 1 amide bonds. The number of anilines is 1. The maximum atomic E-state index is 11.8. The summed E-state index contributed by atoms with van der Waals surface area (Å²) in [6.07, 6.45) is 0. The van der Waals surface area contributed by atoms with Crippen LogP contribution in [0, 0.1) is 11.3 Å². The van der Waals surface area contributed by atoms with Gasteiger partial charge in [-0.15, -0.1) is 0 Å². The van der Waals surface area contributed by atoms with Crippen LogP contribution in [0.4, 0.5) is 5.69 Å². The Morgan fingerprint density at radius 1 is 1.38 bits per heavy atom. The van der Waals surface area contributed by atoms with Crippen molar-refractivity contribution in [1.82, 2.24) is 0 Å². The molecule has 0 saturated carbocycles. The fourth-order valence-corrected chi connectivity index (χ4v) is 1.67. The molecule has 1 aromatic rings. The summed E-state index contributed by atoms with van der Waals surface area (Å²) in [6, 6.07) is 8.61. The average Bonchev–Trinajstić information content (AvgIpc) is 2.55. The molecule has 0 fully saturated rings. The Labute approximate surface area is 97.5 Å². The molecule has 1 heterocycles. The number of nitriles is 1. The average molecular weight is 234 g/mol. The van der Waals surface area contributed by atoms with Crippen molar-refractivity contribution < 1.29 is 4.79 Å². The highest BCUT2D eigenvalue weighted by Gasteiger charge is 2.29. The Morgan fingerprint density at radius 2 is 2.00 bits per heavy atom. The van der Waals surface area contributed by atoms with Crippen LogP contribution in [0.2, 0.25) is 5.02 Å². The largest absolute Gasteiger partial charge is 0.399 e. The second-order valence-corrected chi connectivity index (χ2v) is 3.82. The molecule has 0 spiro atoms. The van der Waals surface area contributed by atoms with Crippen molar-refractivity contribution >= 4 is 23.2 Å². The van der Waals surface area contributed by atoms with Crippen LogP contribution in [0.3, 0.4) is 0 Å². The van der Waals surface area contributed by atoms with Gasteiger partial charge in [0.05, 0.1) is 12.2 Å². The molecule has 80 valence electrons. The quantitative estimate of drug-likeness (QED) is 0.798. The molecule has 0 aliphatic carbocycles. The summed E-state index contributed by atoms with van der Waals surface area (Å²) < 4.78 is 0. The van der Waals surface area contributed by atoms with E-state index in [0.717, 1.165) is 0 Å². The van der Waals surface area contributed by atoms with Crippen molar-refractivity contribution in [3.8, 4) is 6.07 Å². The van der Waals surface area contributed by atoms with Crippen LogP contribution in [0.5, 0.6) is 0 Å². The molecule has 0 bridgehead atoms. The van der Waals surface area contributed by atoms with E-state index < -0.39 is 0 Å². The Kier molecular flexibility index (Phi) is 2.55. The van der Waals surface area contributed by atoms with Crippen LogP contribution >= 0.6 is 11.6 Å². The number of carbonyl (C=O) groups is 1. The molecule has 0 unspecified atom stereocenters. The number of nitrogens with zero attached hydrogens (tertiary/aromatic N) is 2. The first kappa shape index (κ1) is 10.5. The summed E-state index contributed by atoms with van der Waals surface area (Å²) in [5.74, 6) is -0.359. The summed E-state index contributed by atoms with van der Waals surface area (Å²) >= 11 is 5.75. The number of rotatable bonds is 1. The van der Waals surface area contributed by atoms with E-state index in [1.165, 1.54) is 4.90 Å². The lowest BCUT2D eigenvalue weighted by Gasteiger charge is -2.15. The van der Waals surface area contributed by atoms with Gasteiger partial charge in [0, 0.05) is 10.7 Å². The fraction of sp³-hybridized carbons (Fsp3) is 0.0909. The first-order chi connectivity index (χ1) is 7.63. The third-order valence-electron chi connectivity index (χ3n) is 2.36. The van der Waals surface area contributed by atoms with Crippen molar-refractivity contribution in [2.45, 2.75) is 0 Å². The summed E-state index contributed by atoms with van der Waals surface area (Å²) in [5, 5.41) is 9.35. The zero-order valence-electron chi connectivity index (χ0n) is 8.27. The van der Waals surface area contributed by atoms with Gasteiger partial charge in [0.15, 0.2) is 0 Å². The number of hydrogen-bond donors (Lipinski definition) is 1. The minimum atomic E-state index is -0.359. The highest BCUT2D eigenvalue weighted by Crippen LogP contribution is 2.24. The van der Waals surface area contributed by atoms with Crippen LogP contribution in [0.1, 0.15) is 0 Å². The predicted octanol–water partition coefficient (Wildman–Crippen LogP) is 1.42. The number of amides is 1. The lowest BCUT2D eigenvalue weighted by molar-refractivity contribution is -0.114. The van der Waals surface area contributed by atoms with E-state index in [1.807, 2.05) is 6.07 Å². The topological polar surface area (TPSA) is 70.1 Å². The molecule has 1 aliphatic rings. The van der Waals surface area contributed by atoms with E-state index in [-0.39, 0.29) is 18.0 Å².